The molecule has 0 unspecified atom stereocenters. The van der Waals surface area contributed by atoms with E-state index in [1.54, 1.807) is 17.4 Å². The number of esters is 1. The number of fused-ring (bicyclic) bond motifs is 3. The molecule has 7 heteroatoms. The smallest absolute Gasteiger partial charge is 0.376 e. The van der Waals surface area contributed by atoms with Gasteiger partial charge in [-0.2, -0.15) is 0 Å². The molecule has 0 spiro atoms. The third-order valence-electron chi connectivity index (χ3n) is 2.65. The number of hydrogen-bond acceptors (Lipinski definition) is 5. The van der Waals surface area contributed by atoms with Crippen molar-refractivity contribution < 1.29 is 9.53 Å². The molecule has 0 aliphatic carbocycles. The zero-order valence-electron chi connectivity index (χ0n) is 10.00. The van der Waals surface area contributed by atoms with Gasteiger partial charge in [-0.3, -0.25) is 4.40 Å². The SMILES string of the molecule is CCOC(=O)c1nnc2c(Cl)nc3ccccc3n12. The van der Waals surface area contributed by atoms with Crippen molar-refractivity contribution in [1.82, 2.24) is 19.6 Å². The van der Waals surface area contributed by atoms with Crippen molar-refractivity contribution in [2.75, 3.05) is 6.61 Å². The first-order valence-electron chi connectivity index (χ1n) is 5.69. The predicted molar refractivity (Wildman–Crippen MR) is 69.3 cm³/mol. The monoisotopic (exact) mass is 276 g/mol. The molecule has 0 amide bonds. The second-order valence-electron chi connectivity index (χ2n) is 3.79. The van der Waals surface area contributed by atoms with Gasteiger partial charge in [-0.15, -0.1) is 10.2 Å². The number of benzene rings is 1. The molecule has 0 atom stereocenters. The summed E-state index contributed by atoms with van der Waals surface area (Å²) in [6.45, 7) is 2.00. The van der Waals surface area contributed by atoms with E-state index in [2.05, 4.69) is 15.2 Å². The quantitative estimate of drug-likeness (QED) is 0.671. The van der Waals surface area contributed by atoms with Crippen LogP contribution in [0, 0.1) is 0 Å². The molecule has 0 fully saturated rings. The van der Waals surface area contributed by atoms with Crippen LogP contribution in [0.4, 0.5) is 0 Å². The Balaban J connectivity index is 2.39. The maximum Gasteiger partial charge on any atom is 0.376 e. The lowest BCUT2D eigenvalue weighted by Crippen LogP contribution is -2.10. The van der Waals surface area contributed by atoms with Gasteiger partial charge in [0.15, 0.2) is 10.8 Å². The Bertz CT molecular complexity index is 784. The summed E-state index contributed by atoms with van der Waals surface area (Å²) in [5.74, 6) is -0.445. The van der Waals surface area contributed by atoms with E-state index in [9.17, 15) is 4.79 Å². The summed E-state index contributed by atoms with van der Waals surface area (Å²) in [7, 11) is 0. The third-order valence-corrected chi connectivity index (χ3v) is 2.90. The molecule has 0 N–H and O–H groups in total. The standard InChI is InChI=1S/C12H9ClN4O2/c1-2-19-12(18)11-16-15-10-9(13)14-7-5-3-4-6-8(7)17(10)11/h3-6H,2H2,1H3. The van der Waals surface area contributed by atoms with Gasteiger partial charge in [-0.25, -0.2) is 9.78 Å². The Hall–Kier alpha value is -2.21. The number of rotatable bonds is 2. The molecule has 19 heavy (non-hydrogen) atoms. The van der Waals surface area contributed by atoms with E-state index < -0.39 is 5.97 Å². The van der Waals surface area contributed by atoms with Crippen molar-refractivity contribution >= 4 is 34.3 Å². The maximum atomic E-state index is 11.9. The van der Waals surface area contributed by atoms with Crippen molar-refractivity contribution in [3.63, 3.8) is 0 Å². The maximum absolute atomic E-state index is 11.9. The summed E-state index contributed by atoms with van der Waals surface area (Å²) in [5, 5.41) is 7.92. The lowest BCUT2D eigenvalue weighted by molar-refractivity contribution is 0.0511. The van der Waals surface area contributed by atoms with E-state index in [0.717, 1.165) is 0 Å². The van der Waals surface area contributed by atoms with Gasteiger partial charge in [0, 0.05) is 0 Å². The van der Waals surface area contributed by atoms with Gasteiger partial charge in [0.05, 0.1) is 17.6 Å². The molecule has 2 aromatic heterocycles. The van der Waals surface area contributed by atoms with Crippen LogP contribution in [0.5, 0.6) is 0 Å². The van der Waals surface area contributed by atoms with E-state index in [-0.39, 0.29) is 17.6 Å². The van der Waals surface area contributed by atoms with Gasteiger partial charge in [0.2, 0.25) is 5.82 Å². The van der Waals surface area contributed by atoms with E-state index in [1.165, 1.54) is 0 Å². The zero-order chi connectivity index (χ0) is 13.4. The largest absolute Gasteiger partial charge is 0.460 e. The molecule has 0 radical (unpaired) electrons. The molecule has 3 aromatic rings. The highest BCUT2D eigenvalue weighted by molar-refractivity contribution is 6.32. The normalized spacial score (nSPS) is 11.1. The van der Waals surface area contributed by atoms with Crippen molar-refractivity contribution in [2.24, 2.45) is 0 Å². The summed E-state index contributed by atoms with van der Waals surface area (Å²) in [4.78, 5) is 16.1. The molecular formula is C12H9ClN4O2. The average molecular weight is 277 g/mol. The highest BCUT2D eigenvalue weighted by Crippen LogP contribution is 2.21. The van der Waals surface area contributed by atoms with Crippen LogP contribution in [0.25, 0.3) is 16.7 Å². The minimum atomic E-state index is -0.539. The zero-order valence-corrected chi connectivity index (χ0v) is 10.8. The van der Waals surface area contributed by atoms with Gasteiger partial charge in [-0.1, -0.05) is 23.7 Å². The molecular weight excluding hydrogens is 268 g/mol. The fourth-order valence-corrected chi connectivity index (χ4v) is 2.09. The molecule has 0 aliphatic rings. The number of carbonyl (C=O) groups excluding carboxylic acids is 1. The minimum absolute atomic E-state index is 0.0948. The Morgan fingerprint density at radius 2 is 2.16 bits per heavy atom. The Kier molecular flexibility index (Phi) is 2.79. The number of carbonyl (C=O) groups is 1. The molecule has 0 bridgehead atoms. The summed E-state index contributed by atoms with van der Waals surface area (Å²) in [5.41, 5.74) is 1.70. The van der Waals surface area contributed by atoms with Gasteiger partial charge < -0.3 is 4.74 Å². The highest BCUT2D eigenvalue weighted by Gasteiger charge is 2.19. The Labute approximate surface area is 113 Å². The molecule has 96 valence electrons. The molecule has 1 aromatic carbocycles. The molecule has 0 saturated heterocycles. The lowest BCUT2D eigenvalue weighted by Gasteiger charge is -2.04. The fourth-order valence-electron chi connectivity index (χ4n) is 1.88. The number of ether oxygens (including phenoxy) is 1. The van der Waals surface area contributed by atoms with Crippen LogP contribution < -0.4 is 0 Å². The summed E-state index contributed by atoms with van der Waals surface area (Å²) >= 11 is 6.04. The van der Waals surface area contributed by atoms with E-state index in [1.807, 2.05) is 18.2 Å². The molecule has 0 saturated carbocycles. The second kappa shape index (κ2) is 4.47. The van der Waals surface area contributed by atoms with Crippen LogP contribution in [0.15, 0.2) is 24.3 Å². The van der Waals surface area contributed by atoms with E-state index in [0.29, 0.717) is 16.7 Å². The number of aromatic nitrogens is 4. The number of nitrogens with zero attached hydrogens (tertiary/aromatic N) is 4. The van der Waals surface area contributed by atoms with E-state index >= 15 is 0 Å². The van der Waals surface area contributed by atoms with Crippen LogP contribution in [-0.4, -0.2) is 32.2 Å². The van der Waals surface area contributed by atoms with Crippen LogP contribution in [0.3, 0.4) is 0 Å². The molecule has 3 rings (SSSR count). The number of halogens is 1. The summed E-state index contributed by atoms with van der Waals surface area (Å²) in [6, 6.07) is 7.30. The van der Waals surface area contributed by atoms with Gasteiger partial charge in [-0.05, 0) is 19.1 Å². The van der Waals surface area contributed by atoms with E-state index in [4.69, 9.17) is 16.3 Å². The Morgan fingerprint density at radius 3 is 2.95 bits per heavy atom. The summed E-state index contributed by atoms with van der Waals surface area (Å²) in [6.07, 6.45) is 0. The van der Waals surface area contributed by atoms with Crippen LogP contribution in [-0.2, 0) is 4.74 Å². The van der Waals surface area contributed by atoms with Gasteiger partial charge in [0.1, 0.15) is 0 Å². The molecule has 2 heterocycles. The van der Waals surface area contributed by atoms with Gasteiger partial charge >= 0.3 is 5.97 Å². The highest BCUT2D eigenvalue weighted by atomic mass is 35.5. The van der Waals surface area contributed by atoms with Crippen LogP contribution in [0.1, 0.15) is 17.5 Å². The topological polar surface area (TPSA) is 69.4 Å². The lowest BCUT2D eigenvalue weighted by atomic mass is 10.3. The minimum Gasteiger partial charge on any atom is -0.460 e. The Morgan fingerprint density at radius 1 is 1.37 bits per heavy atom. The summed E-state index contributed by atoms with van der Waals surface area (Å²) < 4.78 is 6.52. The van der Waals surface area contributed by atoms with Crippen molar-refractivity contribution in [2.45, 2.75) is 6.92 Å². The molecule has 6 nitrogen and oxygen atoms in total. The molecule has 0 aliphatic heterocycles. The third kappa shape index (κ3) is 1.80. The van der Waals surface area contributed by atoms with Crippen molar-refractivity contribution in [3.05, 3.63) is 35.2 Å². The van der Waals surface area contributed by atoms with Gasteiger partial charge in [0.25, 0.3) is 0 Å². The van der Waals surface area contributed by atoms with Crippen molar-refractivity contribution in [3.8, 4) is 0 Å². The number of hydrogen-bond donors (Lipinski definition) is 0. The fraction of sp³-hybridized carbons (Fsp3) is 0.167. The van der Waals surface area contributed by atoms with Crippen molar-refractivity contribution in [1.29, 1.82) is 0 Å². The first kappa shape index (κ1) is 11.9. The first-order valence-corrected chi connectivity index (χ1v) is 6.06. The van der Waals surface area contributed by atoms with Crippen LogP contribution in [0.2, 0.25) is 5.15 Å². The average Bonchev–Trinajstić information content (AvgIpc) is 2.85. The predicted octanol–water partition coefficient (Wildman–Crippen LogP) is 2.11. The van der Waals surface area contributed by atoms with Crippen LogP contribution >= 0.6 is 11.6 Å². The number of para-hydroxylation sites is 2. The second-order valence-corrected chi connectivity index (χ2v) is 4.15. The first-order chi connectivity index (χ1) is 9.22.